The summed E-state index contributed by atoms with van der Waals surface area (Å²) in [6.07, 6.45) is 5.91. The summed E-state index contributed by atoms with van der Waals surface area (Å²) in [6, 6.07) is 5.79. The molecule has 3 aromatic rings. The van der Waals surface area contributed by atoms with Crippen LogP contribution in [0.25, 0.3) is 11.0 Å². The predicted molar refractivity (Wildman–Crippen MR) is 89.5 cm³/mol. The van der Waals surface area contributed by atoms with Gasteiger partial charge in [-0.05, 0) is 43.5 Å². The van der Waals surface area contributed by atoms with E-state index in [-0.39, 0.29) is 11.9 Å². The second-order valence-corrected chi connectivity index (χ2v) is 6.45. The van der Waals surface area contributed by atoms with Gasteiger partial charge < -0.3 is 4.90 Å². The van der Waals surface area contributed by atoms with Crippen LogP contribution in [0.1, 0.15) is 28.8 Å². The van der Waals surface area contributed by atoms with Crippen molar-refractivity contribution in [2.75, 3.05) is 6.54 Å². The van der Waals surface area contributed by atoms with E-state index in [1.165, 1.54) is 0 Å². The minimum atomic E-state index is 0.0638. The van der Waals surface area contributed by atoms with E-state index < -0.39 is 0 Å². The van der Waals surface area contributed by atoms with Crippen LogP contribution in [0.15, 0.2) is 30.6 Å². The average molecular weight is 324 g/mol. The van der Waals surface area contributed by atoms with Gasteiger partial charge in [0.15, 0.2) is 0 Å². The minimum Gasteiger partial charge on any atom is -0.334 e. The first-order chi connectivity index (χ1) is 11.6. The Morgan fingerprint density at radius 1 is 1.38 bits per heavy atom. The lowest BCUT2D eigenvalue weighted by Crippen LogP contribution is -2.38. The highest BCUT2D eigenvalue weighted by atomic mass is 16.2. The molecule has 1 aromatic carbocycles. The van der Waals surface area contributed by atoms with E-state index in [1.54, 1.807) is 4.68 Å². The van der Waals surface area contributed by atoms with E-state index in [0.717, 1.165) is 42.5 Å². The summed E-state index contributed by atoms with van der Waals surface area (Å²) in [5.41, 5.74) is 3.49. The summed E-state index contributed by atoms with van der Waals surface area (Å²) in [5.74, 6) is 0.0638. The van der Waals surface area contributed by atoms with Gasteiger partial charge in [0.25, 0.3) is 5.91 Å². The number of likely N-dealkylation sites (tertiary alicyclic amines) is 1. The zero-order chi connectivity index (χ0) is 16.7. The maximum Gasteiger partial charge on any atom is 0.254 e. The molecule has 2 aromatic heterocycles. The molecule has 1 saturated heterocycles. The van der Waals surface area contributed by atoms with Crippen LogP contribution in [-0.4, -0.2) is 48.2 Å². The second kappa shape index (κ2) is 5.74. The molecular formula is C17H20N6O. The third-order valence-electron chi connectivity index (χ3n) is 4.66. The molecule has 124 valence electrons. The number of benzene rings is 1. The van der Waals surface area contributed by atoms with Gasteiger partial charge in [-0.15, -0.1) is 5.10 Å². The molecule has 0 spiro atoms. The topological polar surface area (TPSA) is 68.8 Å². The van der Waals surface area contributed by atoms with Crippen molar-refractivity contribution >= 4 is 16.9 Å². The van der Waals surface area contributed by atoms with Crippen molar-refractivity contribution in [3.05, 3.63) is 41.7 Å². The van der Waals surface area contributed by atoms with Crippen molar-refractivity contribution < 1.29 is 4.79 Å². The molecule has 1 amide bonds. The molecule has 0 N–H and O–H groups in total. The number of carbonyl (C=O) groups is 1. The molecule has 1 aliphatic heterocycles. The zero-order valence-electron chi connectivity index (χ0n) is 13.9. The van der Waals surface area contributed by atoms with Gasteiger partial charge in [0.2, 0.25) is 0 Å². The Kier molecular flexibility index (Phi) is 3.55. The molecule has 4 rings (SSSR count). The average Bonchev–Trinajstić information content (AvgIpc) is 3.29. The molecule has 7 nitrogen and oxygen atoms in total. The Labute approximate surface area is 139 Å². The lowest BCUT2D eigenvalue weighted by Gasteiger charge is -2.24. The van der Waals surface area contributed by atoms with Crippen molar-refractivity contribution in [1.82, 2.24) is 29.7 Å². The molecule has 3 heterocycles. The Hall–Kier alpha value is -2.70. The fourth-order valence-electron chi connectivity index (χ4n) is 3.42. The van der Waals surface area contributed by atoms with Crippen LogP contribution in [0.2, 0.25) is 0 Å². The Morgan fingerprint density at radius 3 is 3.04 bits per heavy atom. The van der Waals surface area contributed by atoms with Crippen LogP contribution < -0.4 is 0 Å². The Bertz CT molecular complexity index is 896. The Morgan fingerprint density at radius 2 is 2.25 bits per heavy atom. The first kappa shape index (κ1) is 14.9. The molecule has 1 fully saturated rings. The van der Waals surface area contributed by atoms with E-state index >= 15 is 0 Å². The lowest BCUT2D eigenvalue weighted by molar-refractivity contribution is 0.0722. The smallest absolute Gasteiger partial charge is 0.254 e. The van der Waals surface area contributed by atoms with Crippen LogP contribution in [0.3, 0.4) is 0 Å². The number of carbonyl (C=O) groups excluding carboxylic acids is 1. The van der Waals surface area contributed by atoms with Gasteiger partial charge >= 0.3 is 0 Å². The van der Waals surface area contributed by atoms with E-state index in [0.29, 0.717) is 5.56 Å². The summed E-state index contributed by atoms with van der Waals surface area (Å²) < 4.78 is 3.64. The number of aryl methyl sites for hydroxylation is 2. The maximum absolute atomic E-state index is 12.9. The van der Waals surface area contributed by atoms with E-state index in [4.69, 9.17) is 0 Å². The van der Waals surface area contributed by atoms with Crippen LogP contribution in [0.4, 0.5) is 0 Å². The summed E-state index contributed by atoms with van der Waals surface area (Å²) in [5, 5.41) is 12.4. The molecule has 0 radical (unpaired) electrons. The largest absolute Gasteiger partial charge is 0.334 e. The van der Waals surface area contributed by atoms with Crippen molar-refractivity contribution in [2.45, 2.75) is 32.4 Å². The maximum atomic E-state index is 12.9. The molecule has 0 saturated carbocycles. The number of aromatic nitrogens is 5. The molecule has 1 aliphatic rings. The van der Waals surface area contributed by atoms with Crippen molar-refractivity contribution in [1.29, 1.82) is 0 Å². The number of nitrogens with zero attached hydrogens (tertiary/aromatic N) is 6. The molecule has 1 atom stereocenters. The number of fused-ring (bicyclic) bond motifs is 1. The minimum absolute atomic E-state index is 0.0638. The molecule has 0 bridgehead atoms. The van der Waals surface area contributed by atoms with E-state index in [2.05, 4.69) is 15.4 Å². The highest BCUT2D eigenvalue weighted by Gasteiger charge is 2.30. The van der Waals surface area contributed by atoms with Gasteiger partial charge in [-0.2, -0.15) is 5.10 Å². The molecule has 24 heavy (non-hydrogen) atoms. The fraction of sp³-hybridized carbons (Fsp3) is 0.412. The highest BCUT2D eigenvalue weighted by Crippen LogP contribution is 2.23. The second-order valence-electron chi connectivity index (χ2n) is 6.45. The van der Waals surface area contributed by atoms with Crippen LogP contribution in [0, 0.1) is 6.92 Å². The Balaban J connectivity index is 1.57. The summed E-state index contributed by atoms with van der Waals surface area (Å²) >= 11 is 0. The molecular weight excluding hydrogens is 304 g/mol. The summed E-state index contributed by atoms with van der Waals surface area (Å²) in [4.78, 5) is 14.9. The number of hydrogen-bond donors (Lipinski definition) is 0. The predicted octanol–water partition coefficient (Wildman–Crippen LogP) is 1.78. The first-order valence-electron chi connectivity index (χ1n) is 8.21. The van der Waals surface area contributed by atoms with Gasteiger partial charge in [0.1, 0.15) is 5.52 Å². The number of hydrogen-bond acceptors (Lipinski definition) is 4. The standard InChI is InChI=1S/C17H20N6O/c1-12-9-18-22(10-12)11-14-4-3-7-23(14)17(24)13-5-6-16-15(8-13)19-20-21(16)2/h5-6,8-10,14H,3-4,7,11H2,1-2H3/t14-/m1/s1. The summed E-state index contributed by atoms with van der Waals surface area (Å²) in [7, 11) is 1.85. The van der Waals surface area contributed by atoms with Crippen LogP contribution in [-0.2, 0) is 13.6 Å². The lowest BCUT2D eigenvalue weighted by atomic mass is 10.1. The van der Waals surface area contributed by atoms with Crippen LogP contribution >= 0.6 is 0 Å². The van der Waals surface area contributed by atoms with Gasteiger partial charge in [-0.1, -0.05) is 5.21 Å². The summed E-state index contributed by atoms with van der Waals surface area (Å²) in [6.45, 7) is 3.56. The van der Waals surface area contributed by atoms with Gasteiger partial charge in [0.05, 0.1) is 24.3 Å². The highest BCUT2D eigenvalue weighted by molar-refractivity contribution is 5.97. The van der Waals surface area contributed by atoms with Gasteiger partial charge in [-0.25, -0.2) is 4.68 Å². The van der Waals surface area contributed by atoms with Gasteiger partial charge in [-0.3, -0.25) is 9.48 Å². The zero-order valence-corrected chi connectivity index (χ0v) is 13.9. The van der Waals surface area contributed by atoms with Crippen molar-refractivity contribution in [3.8, 4) is 0 Å². The normalized spacial score (nSPS) is 17.8. The van der Waals surface area contributed by atoms with E-state index in [1.807, 2.05) is 54.1 Å². The van der Waals surface area contributed by atoms with Crippen LogP contribution in [0.5, 0.6) is 0 Å². The SMILES string of the molecule is Cc1cnn(C[C@H]2CCCN2C(=O)c2ccc3c(c2)nnn3C)c1. The monoisotopic (exact) mass is 324 g/mol. The third-order valence-corrected chi connectivity index (χ3v) is 4.66. The van der Waals surface area contributed by atoms with Crippen molar-refractivity contribution in [3.63, 3.8) is 0 Å². The van der Waals surface area contributed by atoms with Crippen molar-refractivity contribution in [2.24, 2.45) is 7.05 Å². The number of rotatable bonds is 3. The van der Waals surface area contributed by atoms with E-state index in [9.17, 15) is 4.79 Å². The first-order valence-corrected chi connectivity index (χ1v) is 8.21. The quantitative estimate of drug-likeness (QED) is 0.736. The molecule has 0 aliphatic carbocycles. The molecule has 7 heteroatoms. The fourth-order valence-corrected chi connectivity index (χ4v) is 3.42. The third kappa shape index (κ3) is 2.55. The van der Waals surface area contributed by atoms with Gasteiger partial charge in [0, 0.05) is 25.4 Å². The number of amides is 1. The molecule has 0 unspecified atom stereocenters.